The monoisotopic (exact) mass is 291 g/mol. The third-order valence-electron chi connectivity index (χ3n) is 3.10. The van der Waals surface area contributed by atoms with Gasteiger partial charge < -0.3 is 4.42 Å². The smallest absolute Gasteiger partial charge is 0.265 e. The lowest BCUT2D eigenvalue weighted by atomic mass is 10.2. The van der Waals surface area contributed by atoms with Crippen molar-refractivity contribution in [2.75, 3.05) is 5.06 Å². The number of carbonyl (C=O) groups is 1. The van der Waals surface area contributed by atoms with E-state index in [-0.39, 0.29) is 12.3 Å². The zero-order chi connectivity index (χ0) is 15.4. The summed E-state index contributed by atoms with van der Waals surface area (Å²) in [6.45, 7) is 0. The second-order valence-electron chi connectivity index (χ2n) is 4.67. The van der Waals surface area contributed by atoms with Crippen LogP contribution in [-0.4, -0.2) is 11.1 Å². The zero-order valence-corrected chi connectivity index (χ0v) is 11.7. The van der Waals surface area contributed by atoms with Crippen molar-refractivity contribution in [1.29, 1.82) is 0 Å². The lowest BCUT2D eigenvalue weighted by Gasteiger charge is -2.08. The molecule has 0 aliphatic rings. The van der Waals surface area contributed by atoms with Crippen LogP contribution >= 0.6 is 0 Å². The van der Waals surface area contributed by atoms with Gasteiger partial charge in [0.1, 0.15) is 5.58 Å². The van der Waals surface area contributed by atoms with Crippen LogP contribution in [0.2, 0.25) is 0 Å². The number of rotatable bonds is 2. The minimum atomic E-state index is -0.539. The van der Waals surface area contributed by atoms with E-state index in [2.05, 4.69) is 11.8 Å². The quantitative estimate of drug-likeness (QED) is 0.446. The summed E-state index contributed by atoms with van der Waals surface area (Å²) in [4.78, 5) is 11.9. The van der Waals surface area contributed by atoms with E-state index >= 15 is 0 Å². The van der Waals surface area contributed by atoms with E-state index in [9.17, 15) is 10.0 Å². The van der Waals surface area contributed by atoms with Gasteiger partial charge in [-0.25, -0.2) is 0 Å². The molecule has 22 heavy (non-hydrogen) atoms. The molecule has 0 aliphatic heterocycles. The highest BCUT2D eigenvalue weighted by Crippen LogP contribution is 2.25. The molecule has 0 bridgehead atoms. The van der Waals surface area contributed by atoms with E-state index in [1.807, 2.05) is 48.5 Å². The molecule has 0 radical (unpaired) electrons. The predicted molar refractivity (Wildman–Crippen MR) is 83.4 cm³/mol. The second-order valence-corrected chi connectivity index (χ2v) is 4.67. The van der Waals surface area contributed by atoms with Crippen LogP contribution in [0.4, 0.5) is 5.88 Å². The van der Waals surface area contributed by atoms with Gasteiger partial charge in [0, 0.05) is 17.0 Å². The van der Waals surface area contributed by atoms with E-state index in [1.165, 1.54) is 0 Å². The number of hydrogen-bond acceptors (Lipinski definition) is 3. The van der Waals surface area contributed by atoms with Gasteiger partial charge in [0.05, 0.1) is 6.42 Å². The van der Waals surface area contributed by atoms with Crippen molar-refractivity contribution >= 4 is 22.8 Å². The van der Waals surface area contributed by atoms with Crippen molar-refractivity contribution in [3.8, 4) is 11.8 Å². The van der Waals surface area contributed by atoms with E-state index in [0.717, 1.165) is 10.9 Å². The molecule has 3 aromatic rings. The summed E-state index contributed by atoms with van der Waals surface area (Å²) in [7, 11) is 0. The Labute approximate surface area is 127 Å². The molecule has 0 aliphatic carbocycles. The molecule has 1 heterocycles. The molecule has 0 spiro atoms. The topological polar surface area (TPSA) is 53.7 Å². The molecule has 0 atom stereocenters. The first-order valence-electron chi connectivity index (χ1n) is 6.78. The SMILES string of the molecule is O=C(CC#Cc1ccccc1)N(O)c1cc2ccccc2o1. The molecule has 3 rings (SSSR count). The normalized spacial score (nSPS) is 10.0. The lowest BCUT2D eigenvalue weighted by molar-refractivity contribution is -0.122. The van der Waals surface area contributed by atoms with Gasteiger partial charge in [-0.05, 0) is 18.2 Å². The Kier molecular flexibility index (Phi) is 3.90. The van der Waals surface area contributed by atoms with Gasteiger partial charge in [0.2, 0.25) is 5.88 Å². The molecule has 108 valence electrons. The number of fused-ring (bicyclic) bond motifs is 1. The van der Waals surface area contributed by atoms with Crippen molar-refractivity contribution < 1.29 is 14.4 Å². The maximum atomic E-state index is 11.9. The van der Waals surface area contributed by atoms with Gasteiger partial charge in [-0.2, -0.15) is 5.06 Å². The average molecular weight is 291 g/mol. The first-order chi connectivity index (χ1) is 10.7. The van der Waals surface area contributed by atoms with Gasteiger partial charge in [-0.1, -0.05) is 48.2 Å². The predicted octanol–water partition coefficient (Wildman–Crippen LogP) is 3.60. The summed E-state index contributed by atoms with van der Waals surface area (Å²) in [5, 5.41) is 11.2. The standard InChI is InChI=1S/C18H13NO3/c20-17(12-6-9-14-7-2-1-3-8-14)19(21)18-13-15-10-4-5-11-16(15)22-18/h1-5,7-8,10-11,13,21H,12H2. The fourth-order valence-corrected chi connectivity index (χ4v) is 2.01. The minimum Gasteiger partial charge on any atom is -0.438 e. The van der Waals surface area contributed by atoms with Gasteiger partial charge in [0.15, 0.2) is 0 Å². The summed E-state index contributed by atoms with van der Waals surface area (Å²) < 4.78 is 5.42. The van der Waals surface area contributed by atoms with E-state index in [1.54, 1.807) is 12.1 Å². The van der Waals surface area contributed by atoms with Crippen LogP contribution in [0.1, 0.15) is 12.0 Å². The average Bonchev–Trinajstić information content (AvgIpc) is 2.99. The number of anilines is 1. The molecule has 1 aromatic heterocycles. The maximum Gasteiger partial charge on any atom is 0.265 e. The Morgan fingerprint density at radius 2 is 1.82 bits per heavy atom. The Hall–Kier alpha value is -3.03. The molecule has 4 heteroatoms. The third kappa shape index (κ3) is 3.00. The van der Waals surface area contributed by atoms with Gasteiger partial charge >= 0.3 is 0 Å². The molecule has 0 saturated carbocycles. The first kappa shape index (κ1) is 13.9. The summed E-state index contributed by atoms with van der Waals surface area (Å²) in [5.41, 5.74) is 1.43. The van der Waals surface area contributed by atoms with Gasteiger partial charge in [-0.15, -0.1) is 0 Å². The summed E-state index contributed by atoms with van der Waals surface area (Å²) >= 11 is 0. The van der Waals surface area contributed by atoms with Crippen molar-refractivity contribution in [3.63, 3.8) is 0 Å². The number of benzene rings is 2. The molecule has 1 N–H and O–H groups in total. The number of carbonyl (C=O) groups excluding carboxylic acids is 1. The van der Waals surface area contributed by atoms with Crippen LogP contribution in [0.3, 0.4) is 0 Å². The summed E-state index contributed by atoms with van der Waals surface area (Å²) in [5.74, 6) is 5.16. The van der Waals surface area contributed by atoms with Crippen molar-refractivity contribution in [2.45, 2.75) is 6.42 Å². The molecule has 0 unspecified atom stereocenters. The van der Waals surface area contributed by atoms with E-state index in [4.69, 9.17) is 4.42 Å². The summed E-state index contributed by atoms with van der Waals surface area (Å²) in [6, 6.07) is 18.3. The van der Waals surface area contributed by atoms with Crippen molar-refractivity contribution in [3.05, 3.63) is 66.2 Å². The van der Waals surface area contributed by atoms with Crippen LogP contribution in [0, 0.1) is 11.8 Å². The number of furan rings is 1. The Balaban J connectivity index is 1.71. The number of para-hydroxylation sites is 1. The first-order valence-corrected chi connectivity index (χ1v) is 6.78. The van der Waals surface area contributed by atoms with Crippen LogP contribution in [0.25, 0.3) is 11.0 Å². The molecule has 2 aromatic carbocycles. The lowest BCUT2D eigenvalue weighted by Crippen LogP contribution is -2.25. The Bertz CT molecular complexity index is 823. The molecular formula is C18H13NO3. The second kappa shape index (κ2) is 6.17. The maximum absolute atomic E-state index is 11.9. The minimum absolute atomic E-state index is 0.0905. The van der Waals surface area contributed by atoms with Crippen molar-refractivity contribution in [1.82, 2.24) is 0 Å². The zero-order valence-electron chi connectivity index (χ0n) is 11.7. The Morgan fingerprint density at radius 3 is 2.59 bits per heavy atom. The van der Waals surface area contributed by atoms with Crippen LogP contribution in [0.5, 0.6) is 0 Å². The number of hydrogen-bond donors (Lipinski definition) is 1. The van der Waals surface area contributed by atoms with Crippen LogP contribution < -0.4 is 5.06 Å². The van der Waals surface area contributed by atoms with E-state index < -0.39 is 5.91 Å². The largest absolute Gasteiger partial charge is 0.438 e. The van der Waals surface area contributed by atoms with Gasteiger partial charge in [-0.3, -0.25) is 10.0 Å². The van der Waals surface area contributed by atoms with E-state index in [0.29, 0.717) is 10.6 Å². The molecule has 1 amide bonds. The molecular weight excluding hydrogens is 278 g/mol. The molecule has 4 nitrogen and oxygen atoms in total. The van der Waals surface area contributed by atoms with Gasteiger partial charge in [0.25, 0.3) is 5.91 Å². The molecule has 0 saturated heterocycles. The number of amides is 1. The van der Waals surface area contributed by atoms with Crippen LogP contribution in [0.15, 0.2) is 65.1 Å². The third-order valence-corrected chi connectivity index (χ3v) is 3.10. The fraction of sp³-hybridized carbons (Fsp3) is 0.0556. The van der Waals surface area contributed by atoms with Crippen molar-refractivity contribution in [2.24, 2.45) is 0 Å². The Morgan fingerprint density at radius 1 is 1.09 bits per heavy atom. The number of nitrogens with zero attached hydrogens (tertiary/aromatic N) is 1. The highest BCUT2D eigenvalue weighted by atomic mass is 16.5. The van der Waals surface area contributed by atoms with Crippen LogP contribution in [-0.2, 0) is 4.79 Å². The highest BCUT2D eigenvalue weighted by Gasteiger charge is 2.16. The molecule has 0 fully saturated rings. The number of hydroxylamine groups is 1. The highest BCUT2D eigenvalue weighted by molar-refractivity contribution is 5.93. The summed E-state index contributed by atoms with van der Waals surface area (Å²) in [6.07, 6.45) is -0.0948. The fourth-order valence-electron chi connectivity index (χ4n) is 2.01.